The monoisotopic (exact) mass is 234 g/mol. The lowest BCUT2D eigenvalue weighted by atomic mass is 9.80. The number of amides is 2. The highest BCUT2D eigenvalue weighted by Gasteiger charge is 2.32. The van der Waals surface area contributed by atoms with Crippen LogP contribution in [0, 0.1) is 11.3 Å². The van der Waals surface area contributed by atoms with Gasteiger partial charge in [0.25, 0.3) is 5.91 Å². The number of pyridine rings is 1. The van der Waals surface area contributed by atoms with E-state index in [1.165, 1.54) is 12.4 Å². The lowest BCUT2D eigenvalue weighted by Crippen LogP contribution is -2.43. The fraction of sp³-hybridized carbons (Fsp3) is 0.462. The van der Waals surface area contributed by atoms with Gasteiger partial charge in [-0.2, -0.15) is 0 Å². The molecule has 2 amide bonds. The van der Waals surface area contributed by atoms with Crippen molar-refractivity contribution in [2.75, 3.05) is 0 Å². The molecule has 0 unspecified atom stereocenters. The maximum absolute atomic E-state index is 11.9. The highest BCUT2D eigenvalue weighted by molar-refractivity contribution is 6.06. The van der Waals surface area contributed by atoms with Crippen molar-refractivity contribution in [3.63, 3.8) is 0 Å². The van der Waals surface area contributed by atoms with Crippen LogP contribution in [0.5, 0.6) is 0 Å². The van der Waals surface area contributed by atoms with Crippen LogP contribution >= 0.6 is 0 Å². The predicted molar refractivity (Wildman–Crippen MR) is 65.3 cm³/mol. The van der Waals surface area contributed by atoms with Crippen LogP contribution < -0.4 is 5.32 Å². The summed E-state index contributed by atoms with van der Waals surface area (Å²) in [5, 5.41) is 2.41. The molecule has 1 aromatic rings. The third kappa shape index (κ3) is 3.12. The molecular weight excluding hydrogens is 216 g/mol. The molecule has 0 aliphatic heterocycles. The third-order valence-corrected chi connectivity index (χ3v) is 3.20. The molecule has 0 bridgehead atoms. The van der Waals surface area contributed by atoms with Gasteiger partial charge in [-0.25, -0.2) is 0 Å². The Hall–Kier alpha value is -1.71. The fourth-order valence-electron chi connectivity index (χ4n) is 1.10. The first kappa shape index (κ1) is 13.4. The van der Waals surface area contributed by atoms with E-state index in [2.05, 4.69) is 10.3 Å². The van der Waals surface area contributed by atoms with Crippen LogP contribution in [0.4, 0.5) is 0 Å². The van der Waals surface area contributed by atoms with E-state index in [4.69, 9.17) is 0 Å². The van der Waals surface area contributed by atoms with Crippen LogP contribution in [0.25, 0.3) is 0 Å². The summed E-state index contributed by atoms with van der Waals surface area (Å²) in [4.78, 5) is 27.5. The third-order valence-electron chi connectivity index (χ3n) is 3.20. The smallest absolute Gasteiger partial charge is 0.257 e. The molecule has 0 aliphatic rings. The van der Waals surface area contributed by atoms with Gasteiger partial charge >= 0.3 is 0 Å². The molecule has 1 N–H and O–H groups in total. The normalized spacial score (nSPS) is 11.4. The van der Waals surface area contributed by atoms with Gasteiger partial charge in [-0.3, -0.25) is 19.9 Å². The van der Waals surface area contributed by atoms with Gasteiger partial charge < -0.3 is 0 Å². The van der Waals surface area contributed by atoms with E-state index in [9.17, 15) is 9.59 Å². The summed E-state index contributed by atoms with van der Waals surface area (Å²) >= 11 is 0. The zero-order valence-corrected chi connectivity index (χ0v) is 10.7. The Morgan fingerprint density at radius 2 is 1.76 bits per heavy atom. The number of rotatable bonds is 3. The van der Waals surface area contributed by atoms with E-state index < -0.39 is 5.41 Å². The molecule has 0 radical (unpaired) electrons. The lowest BCUT2D eigenvalue weighted by molar-refractivity contribution is -0.130. The summed E-state index contributed by atoms with van der Waals surface area (Å²) in [5.74, 6) is -0.479. The average Bonchev–Trinajstić information content (AvgIpc) is 2.29. The first-order valence-electron chi connectivity index (χ1n) is 5.61. The number of aromatic nitrogens is 1. The SMILES string of the molecule is CC(C)C(C)(C)C(=O)NC(=O)c1ccncc1. The second-order valence-electron chi connectivity index (χ2n) is 4.90. The molecule has 92 valence electrons. The van der Waals surface area contributed by atoms with Gasteiger partial charge in [0, 0.05) is 23.4 Å². The minimum Gasteiger partial charge on any atom is -0.292 e. The minimum atomic E-state index is -0.567. The van der Waals surface area contributed by atoms with Crippen LogP contribution in [-0.2, 0) is 4.79 Å². The van der Waals surface area contributed by atoms with Gasteiger partial charge in [-0.15, -0.1) is 0 Å². The average molecular weight is 234 g/mol. The number of hydrogen-bond acceptors (Lipinski definition) is 3. The Morgan fingerprint density at radius 1 is 1.24 bits per heavy atom. The second-order valence-corrected chi connectivity index (χ2v) is 4.90. The topological polar surface area (TPSA) is 59.1 Å². The van der Waals surface area contributed by atoms with Crippen molar-refractivity contribution in [2.24, 2.45) is 11.3 Å². The molecule has 0 atom stereocenters. The summed E-state index contributed by atoms with van der Waals surface area (Å²) in [6.07, 6.45) is 3.04. The van der Waals surface area contributed by atoms with E-state index in [-0.39, 0.29) is 17.7 Å². The van der Waals surface area contributed by atoms with Gasteiger partial charge in [0.15, 0.2) is 0 Å². The van der Waals surface area contributed by atoms with Gasteiger partial charge in [0.05, 0.1) is 0 Å². The van der Waals surface area contributed by atoms with Crippen molar-refractivity contribution in [2.45, 2.75) is 27.7 Å². The first-order valence-corrected chi connectivity index (χ1v) is 5.61. The molecule has 0 saturated heterocycles. The van der Waals surface area contributed by atoms with Crippen LogP contribution in [0.2, 0.25) is 0 Å². The Balaban J connectivity index is 2.74. The number of nitrogens with one attached hydrogen (secondary N) is 1. The maximum Gasteiger partial charge on any atom is 0.257 e. The molecule has 17 heavy (non-hydrogen) atoms. The van der Waals surface area contributed by atoms with Crippen molar-refractivity contribution >= 4 is 11.8 Å². The fourth-order valence-corrected chi connectivity index (χ4v) is 1.10. The van der Waals surface area contributed by atoms with E-state index in [1.54, 1.807) is 12.1 Å². The second kappa shape index (κ2) is 5.08. The van der Waals surface area contributed by atoms with Crippen molar-refractivity contribution in [3.05, 3.63) is 30.1 Å². The predicted octanol–water partition coefficient (Wildman–Crippen LogP) is 2.02. The molecule has 4 heteroatoms. The Bertz CT molecular complexity index is 411. The Labute approximate surface area is 101 Å². The van der Waals surface area contributed by atoms with Crippen LogP contribution in [0.3, 0.4) is 0 Å². The molecule has 0 spiro atoms. The van der Waals surface area contributed by atoms with Crippen LogP contribution in [0.15, 0.2) is 24.5 Å². The summed E-state index contributed by atoms with van der Waals surface area (Å²) in [6, 6.07) is 3.15. The van der Waals surface area contributed by atoms with Gasteiger partial charge in [0.2, 0.25) is 5.91 Å². The van der Waals surface area contributed by atoms with Crippen LogP contribution in [-0.4, -0.2) is 16.8 Å². The van der Waals surface area contributed by atoms with E-state index in [1.807, 2.05) is 27.7 Å². The van der Waals surface area contributed by atoms with Gasteiger partial charge in [-0.05, 0) is 18.1 Å². The number of carbonyl (C=O) groups excluding carboxylic acids is 2. The van der Waals surface area contributed by atoms with Crippen molar-refractivity contribution in [3.8, 4) is 0 Å². The highest BCUT2D eigenvalue weighted by atomic mass is 16.2. The standard InChI is InChI=1S/C13H18N2O2/c1-9(2)13(3,4)12(17)15-11(16)10-5-7-14-8-6-10/h5-9H,1-4H3,(H,15,16,17). The first-order chi connectivity index (χ1) is 7.85. The number of carbonyl (C=O) groups is 2. The summed E-state index contributed by atoms with van der Waals surface area (Å²) in [6.45, 7) is 7.56. The number of nitrogens with zero attached hydrogens (tertiary/aromatic N) is 1. The highest BCUT2D eigenvalue weighted by Crippen LogP contribution is 2.26. The van der Waals surface area contributed by atoms with Crippen molar-refractivity contribution < 1.29 is 9.59 Å². The number of hydrogen-bond donors (Lipinski definition) is 1. The van der Waals surface area contributed by atoms with Crippen molar-refractivity contribution in [1.82, 2.24) is 10.3 Å². The Kier molecular flexibility index (Phi) is 3.99. The van der Waals surface area contributed by atoms with Crippen LogP contribution in [0.1, 0.15) is 38.1 Å². The van der Waals surface area contributed by atoms with Gasteiger partial charge in [-0.1, -0.05) is 27.7 Å². The molecule has 1 heterocycles. The van der Waals surface area contributed by atoms with E-state index in [0.29, 0.717) is 5.56 Å². The molecule has 0 aromatic carbocycles. The van der Waals surface area contributed by atoms with E-state index >= 15 is 0 Å². The minimum absolute atomic E-state index is 0.160. The molecular formula is C13H18N2O2. The molecule has 4 nitrogen and oxygen atoms in total. The molecule has 0 fully saturated rings. The zero-order chi connectivity index (χ0) is 13.1. The van der Waals surface area contributed by atoms with Crippen molar-refractivity contribution in [1.29, 1.82) is 0 Å². The lowest BCUT2D eigenvalue weighted by Gasteiger charge is -2.27. The molecule has 1 rings (SSSR count). The zero-order valence-electron chi connectivity index (χ0n) is 10.7. The summed E-state index contributed by atoms with van der Waals surface area (Å²) in [7, 11) is 0. The summed E-state index contributed by atoms with van der Waals surface area (Å²) in [5.41, 5.74) is -0.129. The quantitative estimate of drug-likeness (QED) is 0.870. The molecule has 1 aromatic heterocycles. The molecule has 0 saturated carbocycles. The molecule has 0 aliphatic carbocycles. The van der Waals surface area contributed by atoms with Gasteiger partial charge in [0.1, 0.15) is 0 Å². The largest absolute Gasteiger partial charge is 0.292 e. The van der Waals surface area contributed by atoms with E-state index in [0.717, 1.165) is 0 Å². The Morgan fingerprint density at radius 3 is 2.24 bits per heavy atom. The number of imide groups is 1. The maximum atomic E-state index is 11.9. The summed E-state index contributed by atoms with van der Waals surface area (Å²) < 4.78 is 0.